The Hall–Kier alpha value is -2.75. The highest BCUT2D eigenvalue weighted by molar-refractivity contribution is 6.33. The van der Waals surface area contributed by atoms with E-state index in [-0.39, 0.29) is 17.2 Å². The average Bonchev–Trinajstić information content (AvgIpc) is 2.95. The second-order valence-corrected chi connectivity index (χ2v) is 5.12. The first-order chi connectivity index (χ1) is 11.3. The molecule has 0 atom stereocenters. The summed E-state index contributed by atoms with van der Waals surface area (Å²) in [5, 5.41) is 13.3. The van der Waals surface area contributed by atoms with Gasteiger partial charge in [0.15, 0.2) is 5.69 Å². The van der Waals surface area contributed by atoms with Crippen molar-refractivity contribution in [3.05, 3.63) is 46.5 Å². The first kappa shape index (κ1) is 16.1. The van der Waals surface area contributed by atoms with Gasteiger partial charge in [0.25, 0.3) is 17.5 Å². The average molecular weight is 357 g/mol. The van der Waals surface area contributed by atoms with Crippen molar-refractivity contribution in [2.75, 3.05) is 5.32 Å². The number of alkyl halides is 3. The fraction of sp³-hybridized carbons (Fsp3) is 0.154. The first-order valence-corrected chi connectivity index (χ1v) is 6.88. The van der Waals surface area contributed by atoms with Crippen LogP contribution >= 0.6 is 11.6 Å². The highest BCUT2D eigenvalue weighted by Gasteiger charge is 2.37. The monoisotopic (exact) mass is 356 g/mol. The summed E-state index contributed by atoms with van der Waals surface area (Å²) in [6.45, 7) is 1.39. The summed E-state index contributed by atoms with van der Waals surface area (Å²) < 4.78 is 38.8. The molecular formula is C13H8ClF3N6O. The molecule has 0 spiro atoms. The first-order valence-electron chi connectivity index (χ1n) is 6.50. The molecule has 0 aliphatic carbocycles. The Labute approximate surface area is 137 Å². The quantitative estimate of drug-likeness (QED) is 0.763. The molecule has 1 amide bonds. The van der Waals surface area contributed by atoms with Gasteiger partial charge < -0.3 is 5.32 Å². The van der Waals surface area contributed by atoms with E-state index >= 15 is 0 Å². The second kappa shape index (κ2) is 5.71. The highest BCUT2D eigenvalue weighted by atomic mass is 35.5. The Balaban J connectivity index is 1.99. The lowest BCUT2D eigenvalue weighted by Crippen LogP contribution is -2.18. The van der Waals surface area contributed by atoms with Crippen LogP contribution in [0.3, 0.4) is 0 Å². The smallest absolute Gasteiger partial charge is 0.319 e. The van der Waals surface area contributed by atoms with Crippen LogP contribution in [-0.2, 0) is 6.18 Å². The number of fused-ring (bicyclic) bond motifs is 1. The zero-order valence-corrected chi connectivity index (χ0v) is 12.7. The number of hydrogen-bond donors (Lipinski definition) is 1. The van der Waals surface area contributed by atoms with Crippen LogP contribution in [0.5, 0.6) is 0 Å². The predicted octanol–water partition coefficient (Wildman–Crippen LogP) is 2.75. The van der Waals surface area contributed by atoms with Gasteiger partial charge in [0.2, 0.25) is 0 Å². The molecule has 3 rings (SSSR count). The predicted molar refractivity (Wildman–Crippen MR) is 77.7 cm³/mol. The van der Waals surface area contributed by atoms with E-state index in [4.69, 9.17) is 11.6 Å². The molecule has 0 aliphatic rings. The van der Waals surface area contributed by atoms with Gasteiger partial charge in [-0.25, -0.2) is 0 Å². The van der Waals surface area contributed by atoms with Crippen LogP contribution in [-0.4, -0.2) is 30.7 Å². The molecule has 2 aromatic heterocycles. The molecule has 1 aromatic carbocycles. The van der Waals surface area contributed by atoms with Gasteiger partial charge in [0.05, 0.1) is 16.4 Å². The molecule has 1 N–H and O–H groups in total. The van der Waals surface area contributed by atoms with Crippen LogP contribution in [0.1, 0.15) is 22.0 Å². The Morgan fingerprint density at radius 2 is 1.96 bits per heavy atom. The minimum Gasteiger partial charge on any atom is -0.319 e. The van der Waals surface area contributed by atoms with E-state index in [2.05, 4.69) is 25.6 Å². The standard InChI is InChI=1S/C13H8ClF3N6O/c1-6-9(10(24)18-8-5-3-2-4-7(8)14)20-21-12-19-11(13(15,16)17)22-23(6)12/h2-5H,1H3,(H,18,24). The number of nitrogens with zero attached hydrogens (tertiary/aromatic N) is 5. The lowest BCUT2D eigenvalue weighted by Gasteiger charge is -2.08. The van der Waals surface area contributed by atoms with Crippen LogP contribution in [0.2, 0.25) is 5.02 Å². The Kier molecular flexibility index (Phi) is 3.84. The maximum Gasteiger partial charge on any atom is 0.453 e. The lowest BCUT2D eigenvalue weighted by molar-refractivity contribution is -0.144. The Morgan fingerprint density at radius 1 is 1.25 bits per heavy atom. The summed E-state index contributed by atoms with van der Waals surface area (Å²) in [5.41, 5.74) is 0.202. The second-order valence-electron chi connectivity index (χ2n) is 4.71. The molecule has 0 saturated heterocycles. The minimum absolute atomic E-state index is 0.0625. The van der Waals surface area contributed by atoms with Gasteiger partial charge in [-0.15, -0.1) is 15.3 Å². The zero-order valence-electron chi connectivity index (χ0n) is 12.0. The minimum atomic E-state index is -4.72. The molecular weight excluding hydrogens is 349 g/mol. The number of carbonyl (C=O) groups is 1. The van der Waals surface area contributed by atoms with Crippen molar-refractivity contribution in [1.29, 1.82) is 0 Å². The van der Waals surface area contributed by atoms with Crippen molar-refractivity contribution in [3.63, 3.8) is 0 Å². The van der Waals surface area contributed by atoms with Gasteiger partial charge in [0, 0.05) is 0 Å². The van der Waals surface area contributed by atoms with Gasteiger partial charge >= 0.3 is 6.18 Å². The van der Waals surface area contributed by atoms with Gasteiger partial charge in [-0.05, 0) is 19.1 Å². The molecule has 7 nitrogen and oxygen atoms in total. The number of carbonyl (C=O) groups excluding carboxylic acids is 1. The maximum atomic E-state index is 12.7. The third kappa shape index (κ3) is 2.87. The van der Waals surface area contributed by atoms with Crippen molar-refractivity contribution in [2.45, 2.75) is 13.1 Å². The van der Waals surface area contributed by atoms with Gasteiger partial charge in [-0.3, -0.25) is 4.79 Å². The molecule has 24 heavy (non-hydrogen) atoms. The van der Waals surface area contributed by atoms with E-state index in [1.165, 1.54) is 6.92 Å². The van der Waals surface area contributed by atoms with E-state index in [0.29, 0.717) is 10.7 Å². The number of amides is 1. The van der Waals surface area contributed by atoms with Crippen molar-refractivity contribution < 1.29 is 18.0 Å². The molecule has 2 heterocycles. The summed E-state index contributed by atoms with van der Waals surface area (Å²) in [6, 6.07) is 6.49. The van der Waals surface area contributed by atoms with E-state index in [9.17, 15) is 18.0 Å². The summed E-state index contributed by atoms with van der Waals surface area (Å²) in [4.78, 5) is 15.5. The van der Waals surface area contributed by atoms with Crippen molar-refractivity contribution >= 4 is 29.0 Å². The number of benzene rings is 1. The van der Waals surface area contributed by atoms with Crippen molar-refractivity contribution in [1.82, 2.24) is 24.8 Å². The van der Waals surface area contributed by atoms with Crippen LogP contribution in [0, 0.1) is 6.92 Å². The van der Waals surface area contributed by atoms with E-state index in [0.717, 1.165) is 4.52 Å². The highest BCUT2D eigenvalue weighted by Crippen LogP contribution is 2.26. The largest absolute Gasteiger partial charge is 0.453 e. The summed E-state index contributed by atoms with van der Waals surface area (Å²) in [6.07, 6.45) is -4.72. The number of anilines is 1. The van der Waals surface area contributed by atoms with Crippen molar-refractivity contribution in [3.8, 4) is 0 Å². The van der Waals surface area contributed by atoms with Gasteiger partial charge in [-0.1, -0.05) is 23.7 Å². The van der Waals surface area contributed by atoms with Crippen LogP contribution in [0.15, 0.2) is 24.3 Å². The molecule has 0 aliphatic heterocycles. The summed E-state index contributed by atoms with van der Waals surface area (Å²) >= 11 is 5.94. The number of aromatic nitrogens is 5. The number of aryl methyl sites for hydroxylation is 1. The zero-order chi connectivity index (χ0) is 17.5. The molecule has 3 aromatic rings. The number of nitrogens with one attached hydrogen (secondary N) is 1. The molecule has 0 radical (unpaired) electrons. The fourth-order valence-electron chi connectivity index (χ4n) is 1.93. The number of halogens is 4. The molecule has 0 unspecified atom stereocenters. The fourth-order valence-corrected chi connectivity index (χ4v) is 2.12. The third-order valence-electron chi connectivity index (χ3n) is 3.08. The molecule has 0 saturated carbocycles. The van der Waals surface area contributed by atoms with E-state index in [1.54, 1.807) is 24.3 Å². The Morgan fingerprint density at radius 3 is 2.62 bits per heavy atom. The molecule has 0 fully saturated rings. The topological polar surface area (TPSA) is 85.1 Å². The van der Waals surface area contributed by atoms with Gasteiger partial charge in [0.1, 0.15) is 0 Å². The van der Waals surface area contributed by atoms with Crippen molar-refractivity contribution in [2.24, 2.45) is 0 Å². The van der Waals surface area contributed by atoms with Crippen LogP contribution in [0.25, 0.3) is 5.78 Å². The number of hydrogen-bond acceptors (Lipinski definition) is 5. The third-order valence-corrected chi connectivity index (χ3v) is 3.41. The number of para-hydroxylation sites is 1. The SMILES string of the molecule is Cc1c(C(=O)Nc2ccccc2Cl)nnc2nc(C(F)(F)F)nn12. The Bertz CT molecular complexity index is 939. The van der Waals surface area contributed by atoms with E-state index < -0.39 is 17.9 Å². The molecule has 11 heteroatoms. The summed E-state index contributed by atoms with van der Waals surface area (Å²) in [7, 11) is 0. The van der Waals surface area contributed by atoms with E-state index in [1.807, 2.05) is 0 Å². The molecule has 0 bridgehead atoms. The lowest BCUT2D eigenvalue weighted by atomic mass is 10.3. The normalized spacial score (nSPS) is 11.7. The molecule has 124 valence electrons. The van der Waals surface area contributed by atoms with Crippen LogP contribution < -0.4 is 5.32 Å². The van der Waals surface area contributed by atoms with Gasteiger partial charge in [-0.2, -0.15) is 22.7 Å². The summed E-state index contributed by atoms with van der Waals surface area (Å²) in [5.74, 6) is -2.39. The number of rotatable bonds is 2. The maximum absolute atomic E-state index is 12.7. The van der Waals surface area contributed by atoms with Crippen LogP contribution in [0.4, 0.5) is 18.9 Å².